The van der Waals surface area contributed by atoms with Gasteiger partial charge in [-0.05, 0) is 17.5 Å². The monoisotopic (exact) mass is 219 g/mol. The average molecular weight is 219 g/mol. The molecule has 2 aromatic rings. The summed E-state index contributed by atoms with van der Waals surface area (Å²) in [6.45, 7) is 0. The van der Waals surface area contributed by atoms with Crippen molar-refractivity contribution in [3.05, 3.63) is 36.0 Å². The number of hydrogen-bond donors (Lipinski definition) is 4. The number of carbonyl (C=O) groups is 1. The number of nitrogens with two attached hydrogens (primary N) is 2. The zero-order valence-electron chi connectivity index (χ0n) is 8.60. The standard InChI is InChI=1S/C11H13N3O2/c12-11(13,10(15)16)6-8-5-7-3-1-2-4-9(7)14-8/h1-5,14H,6,12-13H2,(H,15,16). The van der Waals surface area contributed by atoms with Gasteiger partial charge in [0.2, 0.25) is 0 Å². The first-order valence-electron chi connectivity index (χ1n) is 4.87. The number of H-pyrrole nitrogens is 1. The molecule has 0 saturated carbocycles. The molecule has 0 bridgehead atoms. The zero-order valence-corrected chi connectivity index (χ0v) is 8.60. The molecular weight excluding hydrogens is 206 g/mol. The fourth-order valence-electron chi connectivity index (χ4n) is 1.62. The number of rotatable bonds is 3. The van der Waals surface area contributed by atoms with E-state index in [1.54, 1.807) is 0 Å². The lowest BCUT2D eigenvalue weighted by Crippen LogP contribution is -2.58. The van der Waals surface area contributed by atoms with Crippen molar-refractivity contribution in [3.8, 4) is 0 Å². The van der Waals surface area contributed by atoms with Crippen LogP contribution in [0.4, 0.5) is 0 Å². The number of hydrogen-bond acceptors (Lipinski definition) is 3. The fourth-order valence-corrected chi connectivity index (χ4v) is 1.62. The molecule has 0 spiro atoms. The van der Waals surface area contributed by atoms with Gasteiger partial charge in [-0.25, -0.2) is 4.79 Å². The van der Waals surface area contributed by atoms with Crippen LogP contribution in [0.2, 0.25) is 0 Å². The maximum Gasteiger partial charge on any atom is 0.338 e. The Morgan fingerprint density at radius 1 is 1.38 bits per heavy atom. The van der Waals surface area contributed by atoms with E-state index >= 15 is 0 Å². The summed E-state index contributed by atoms with van der Waals surface area (Å²) in [5, 5.41) is 9.83. The number of aromatic nitrogens is 1. The summed E-state index contributed by atoms with van der Waals surface area (Å²) in [4.78, 5) is 13.9. The van der Waals surface area contributed by atoms with Gasteiger partial charge in [-0.15, -0.1) is 0 Å². The SMILES string of the molecule is NC(N)(Cc1cc2ccccc2[nH]1)C(=O)O. The minimum Gasteiger partial charge on any atom is -0.479 e. The topological polar surface area (TPSA) is 105 Å². The van der Waals surface area contributed by atoms with E-state index in [1.165, 1.54) is 0 Å². The second-order valence-corrected chi connectivity index (χ2v) is 3.90. The molecule has 6 N–H and O–H groups in total. The lowest BCUT2D eigenvalue weighted by molar-refractivity contribution is -0.143. The molecule has 5 heteroatoms. The van der Waals surface area contributed by atoms with Crippen molar-refractivity contribution < 1.29 is 9.90 Å². The Labute approximate surface area is 92.1 Å². The van der Waals surface area contributed by atoms with Gasteiger partial charge in [-0.1, -0.05) is 18.2 Å². The van der Waals surface area contributed by atoms with Crippen LogP contribution in [-0.4, -0.2) is 21.7 Å². The number of fused-ring (bicyclic) bond motifs is 1. The normalized spacial score (nSPS) is 11.9. The van der Waals surface area contributed by atoms with Crippen molar-refractivity contribution in [2.75, 3.05) is 0 Å². The Balaban J connectivity index is 2.32. The second-order valence-electron chi connectivity index (χ2n) is 3.90. The summed E-state index contributed by atoms with van der Waals surface area (Å²) in [5.41, 5.74) is 10.9. The highest BCUT2D eigenvalue weighted by Gasteiger charge is 2.29. The highest BCUT2D eigenvalue weighted by Crippen LogP contribution is 2.16. The molecule has 1 aromatic carbocycles. The van der Waals surface area contributed by atoms with Crippen LogP contribution in [-0.2, 0) is 11.2 Å². The lowest BCUT2D eigenvalue weighted by Gasteiger charge is -2.17. The quantitative estimate of drug-likeness (QED) is 0.561. The molecule has 2 rings (SSSR count). The first kappa shape index (κ1) is 10.7. The van der Waals surface area contributed by atoms with Crippen LogP contribution in [0.5, 0.6) is 0 Å². The highest BCUT2D eigenvalue weighted by atomic mass is 16.4. The van der Waals surface area contributed by atoms with Gasteiger partial charge in [-0.2, -0.15) is 0 Å². The first-order valence-corrected chi connectivity index (χ1v) is 4.87. The van der Waals surface area contributed by atoms with E-state index in [1.807, 2.05) is 30.3 Å². The van der Waals surface area contributed by atoms with Gasteiger partial charge in [0.15, 0.2) is 5.66 Å². The number of aromatic amines is 1. The van der Waals surface area contributed by atoms with Gasteiger partial charge in [-0.3, -0.25) is 0 Å². The van der Waals surface area contributed by atoms with Crippen molar-refractivity contribution in [1.82, 2.24) is 4.98 Å². The molecule has 1 aromatic heterocycles. The Kier molecular flexibility index (Phi) is 2.41. The molecule has 16 heavy (non-hydrogen) atoms. The second kappa shape index (κ2) is 3.62. The van der Waals surface area contributed by atoms with Crippen molar-refractivity contribution in [3.63, 3.8) is 0 Å². The molecule has 0 unspecified atom stereocenters. The van der Waals surface area contributed by atoms with Crippen LogP contribution in [0.15, 0.2) is 30.3 Å². The van der Waals surface area contributed by atoms with Gasteiger partial charge in [0, 0.05) is 17.6 Å². The third kappa shape index (κ3) is 1.91. The maximum atomic E-state index is 10.8. The summed E-state index contributed by atoms with van der Waals surface area (Å²) >= 11 is 0. The number of aliphatic carboxylic acids is 1. The van der Waals surface area contributed by atoms with Crippen molar-refractivity contribution in [2.24, 2.45) is 11.5 Å². The molecule has 1 heterocycles. The molecular formula is C11H13N3O2. The van der Waals surface area contributed by atoms with Crippen LogP contribution < -0.4 is 11.5 Å². The summed E-state index contributed by atoms with van der Waals surface area (Å²) < 4.78 is 0. The summed E-state index contributed by atoms with van der Waals surface area (Å²) in [7, 11) is 0. The number of carboxylic acid groups (broad SMARTS) is 1. The van der Waals surface area contributed by atoms with Crippen molar-refractivity contribution >= 4 is 16.9 Å². The smallest absolute Gasteiger partial charge is 0.338 e. The number of benzene rings is 1. The fraction of sp³-hybridized carbons (Fsp3) is 0.182. The third-order valence-electron chi connectivity index (χ3n) is 2.47. The lowest BCUT2D eigenvalue weighted by atomic mass is 10.1. The highest BCUT2D eigenvalue weighted by molar-refractivity contribution is 5.81. The molecule has 84 valence electrons. The predicted molar refractivity (Wildman–Crippen MR) is 60.7 cm³/mol. The van der Waals surface area contributed by atoms with Gasteiger partial charge in [0.1, 0.15) is 0 Å². The van der Waals surface area contributed by atoms with E-state index < -0.39 is 11.6 Å². The summed E-state index contributed by atoms with van der Waals surface area (Å²) in [6.07, 6.45) is 0.0665. The molecule has 0 aliphatic heterocycles. The molecule has 0 atom stereocenters. The molecule has 0 saturated heterocycles. The number of para-hydroxylation sites is 1. The van der Waals surface area contributed by atoms with E-state index in [9.17, 15) is 4.79 Å². The van der Waals surface area contributed by atoms with E-state index in [2.05, 4.69) is 4.98 Å². The first-order chi connectivity index (χ1) is 7.49. The summed E-state index contributed by atoms with van der Waals surface area (Å²) in [5.74, 6) is -1.22. The Morgan fingerprint density at radius 2 is 2.06 bits per heavy atom. The average Bonchev–Trinajstić information content (AvgIpc) is 2.58. The molecule has 0 radical (unpaired) electrons. The molecule has 0 amide bonds. The van der Waals surface area contributed by atoms with Crippen LogP contribution >= 0.6 is 0 Å². The van der Waals surface area contributed by atoms with Crippen LogP contribution in [0.1, 0.15) is 5.69 Å². The van der Waals surface area contributed by atoms with Crippen LogP contribution in [0.25, 0.3) is 10.9 Å². The van der Waals surface area contributed by atoms with Gasteiger partial charge >= 0.3 is 5.97 Å². The van der Waals surface area contributed by atoms with E-state index in [0.29, 0.717) is 5.69 Å². The number of carboxylic acids is 1. The largest absolute Gasteiger partial charge is 0.479 e. The molecule has 0 fully saturated rings. The van der Waals surface area contributed by atoms with E-state index in [0.717, 1.165) is 10.9 Å². The minimum absolute atomic E-state index is 0.0665. The van der Waals surface area contributed by atoms with Crippen molar-refractivity contribution in [1.29, 1.82) is 0 Å². The van der Waals surface area contributed by atoms with E-state index in [-0.39, 0.29) is 6.42 Å². The molecule has 5 nitrogen and oxygen atoms in total. The van der Waals surface area contributed by atoms with Gasteiger partial charge < -0.3 is 21.6 Å². The Bertz CT molecular complexity index is 498. The minimum atomic E-state index is -1.74. The van der Waals surface area contributed by atoms with Gasteiger partial charge in [0.05, 0.1) is 0 Å². The Hall–Kier alpha value is -1.85. The predicted octanol–water partition coefficient (Wildman–Crippen LogP) is 0.409. The molecule has 0 aliphatic rings. The zero-order chi connectivity index (χ0) is 11.8. The van der Waals surface area contributed by atoms with Crippen LogP contribution in [0.3, 0.4) is 0 Å². The third-order valence-corrected chi connectivity index (χ3v) is 2.47. The van der Waals surface area contributed by atoms with Gasteiger partial charge in [0.25, 0.3) is 0 Å². The summed E-state index contributed by atoms with van der Waals surface area (Å²) in [6, 6.07) is 9.51. The Morgan fingerprint density at radius 3 is 2.69 bits per heavy atom. The van der Waals surface area contributed by atoms with E-state index in [4.69, 9.17) is 16.6 Å². The number of nitrogens with one attached hydrogen (secondary N) is 1. The molecule has 0 aliphatic carbocycles. The van der Waals surface area contributed by atoms with Crippen LogP contribution in [0, 0.1) is 0 Å². The van der Waals surface area contributed by atoms with Crippen molar-refractivity contribution in [2.45, 2.75) is 12.1 Å². The maximum absolute atomic E-state index is 10.8.